The van der Waals surface area contributed by atoms with E-state index in [-0.39, 0.29) is 41.2 Å². The number of carboxylic acids is 1. The van der Waals surface area contributed by atoms with E-state index in [1.165, 1.54) is 18.2 Å². The summed E-state index contributed by atoms with van der Waals surface area (Å²) in [6.45, 7) is 7.54. The van der Waals surface area contributed by atoms with Crippen molar-refractivity contribution in [3.8, 4) is 0 Å². The molecule has 3 unspecified atom stereocenters. The molecular weight excluding hydrogens is 531 g/mol. The lowest BCUT2D eigenvalue weighted by Gasteiger charge is -2.27. The van der Waals surface area contributed by atoms with Crippen molar-refractivity contribution in [2.24, 2.45) is 17.8 Å². The lowest BCUT2D eigenvalue weighted by atomic mass is 9.97. The molecule has 4 atom stereocenters. The molecule has 12 heteroatoms. The number of benzene rings is 1. The second-order valence-electron chi connectivity index (χ2n) is 10.3. The summed E-state index contributed by atoms with van der Waals surface area (Å²) in [7, 11) is 0. The number of halogens is 2. The van der Waals surface area contributed by atoms with Crippen LogP contribution < -0.4 is 21.3 Å². The molecule has 10 nitrogen and oxygen atoms in total. The first-order valence-corrected chi connectivity index (χ1v) is 13.2. The Hall–Kier alpha value is -3.47. The number of nitrogens with one attached hydrogen (secondary N) is 4. The molecule has 5 N–H and O–H groups in total. The number of carbonyl (C=O) groups is 5. The second-order valence-corrected chi connectivity index (χ2v) is 10.8. The monoisotopic (exact) mass is 566 g/mol. The van der Waals surface area contributed by atoms with E-state index < -0.39 is 53.6 Å². The van der Waals surface area contributed by atoms with Gasteiger partial charge in [0.15, 0.2) is 0 Å². The molecule has 0 radical (unpaired) electrons. The Morgan fingerprint density at radius 2 is 1.77 bits per heavy atom. The third-order valence-corrected chi connectivity index (χ3v) is 6.50. The summed E-state index contributed by atoms with van der Waals surface area (Å²) in [4.78, 5) is 62.4. The predicted octanol–water partition coefficient (Wildman–Crippen LogP) is 2.26. The number of rotatable bonds is 13. The topological polar surface area (TPSA) is 154 Å². The zero-order chi connectivity index (χ0) is 29.3. The van der Waals surface area contributed by atoms with E-state index in [9.17, 15) is 33.5 Å². The van der Waals surface area contributed by atoms with Gasteiger partial charge in [-0.3, -0.25) is 19.2 Å². The average Bonchev–Trinajstić information content (AvgIpc) is 3.24. The Labute approximate surface area is 232 Å². The smallest absolute Gasteiger partial charge is 0.326 e. The third-order valence-electron chi connectivity index (χ3n) is 6.26. The maximum atomic E-state index is 14.0. The van der Waals surface area contributed by atoms with Crippen LogP contribution in [0.3, 0.4) is 0 Å². The van der Waals surface area contributed by atoms with Gasteiger partial charge in [0.05, 0.1) is 0 Å². The van der Waals surface area contributed by atoms with Crippen molar-refractivity contribution in [3.05, 3.63) is 40.7 Å². The standard InChI is InChI=1S/C27H36ClFN4O6/c1-14(2)11-20(25(36)32-21(27(38)39)12-17-9-10-30-24(17)35)31-26(37)23(15(3)4)33-22(34)8-6-16-5-7-18(28)13-19(16)29/h5-8,13-15,17,20-21,23H,9-12H2,1-4H3,(H,30,35)(H,31,37)(H,32,36)(H,33,34)(H,38,39)/b8-6+/t17-,20?,21?,23?/m0/s1. The number of amides is 4. The Balaban J connectivity index is 2.10. The molecule has 2 rings (SSSR count). The van der Waals surface area contributed by atoms with Crippen LogP contribution in [0.4, 0.5) is 4.39 Å². The first-order valence-electron chi connectivity index (χ1n) is 12.8. The Kier molecular flexibility index (Phi) is 11.9. The van der Waals surface area contributed by atoms with Gasteiger partial charge in [0.25, 0.3) is 0 Å². The molecular formula is C27H36ClFN4O6. The summed E-state index contributed by atoms with van der Waals surface area (Å²) in [5.74, 6) is -5.06. The SMILES string of the molecule is CC(C)CC(NC(=O)C(NC(=O)/C=C/c1ccc(Cl)cc1F)C(C)C)C(=O)NC(C[C@@H]1CCNC1=O)C(=O)O. The molecule has 214 valence electrons. The van der Waals surface area contributed by atoms with Gasteiger partial charge >= 0.3 is 5.97 Å². The van der Waals surface area contributed by atoms with Gasteiger partial charge in [0.2, 0.25) is 23.6 Å². The Morgan fingerprint density at radius 1 is 1.10 bits per heavy atom. The van der Waals surface area contributed by atoms with E-state index >= 15 is 0 Å². The fourth-order valence-electron chi connectivity index (χ4n) is 4.15. The largest absolute Gasteiger partial charge is 0.480 e. The highest BCUT2D eigenvalue weighted by Gasteiger charge is 2.34. The Bertz CT molecular complexity index is 1110. The number of hydrogen-bond donors (Lipinski definition) is 5. The maximum absolute atomic E-state index is 14.0. The van der Waals surface area contributed by atoms with Crippen molar-refractivity contribution in [2.45, 2.75) is 65.1 Å². The molecule has 1 aromatic rings. The second kappa shape index (κ2) is 14.6. The van der Waals surface area contributed by atoms with Crippen molar-refractivity contribution in [2.75, 3.05) is 6.54 Å². The highest BCUT2D eigenvalue weighted by atomic mass is 35.5. The van der Waals surface area contributed by atoms with Crippen LogP contribution in [0, 0.1) is 23.6 Å². The minimum absolute atomic E-state index is 0.0331. The first-order chi connectivity index (χ1) is 18.3. The summed E-state index contributed by atoms with van der Waals surface area (Å²) in [5, 5.41) is 20.1. The quantitative estimate of drug-likeness (QED) is 0.231. The van der Waals surface area contributed by atoms with Crippen LogP contribution in [0.5, 0.6) is 0 Å². The minimum Gasteiger partial charge on any atom is -0.480 e. The molecule has 0 aromatic heterocycles. The molecule has 0 saturated carbocycles. The zero-order valence-electron chi connectivity index (χ0n) is 22.4. The predicted molar refractivity (Wildman–Crippen MR) is 144 cm³/mol. The fraction of sp³-hybridized carbons (Fsp3) is 0.519. The van der Waals surface area contributed by atoms with Crippen LogP contribution in [0.15, 0.2) is 24.3 Å². The van der Waals surface area contributed by atoms with Crippen LogP contribution in [0.25, 0.3) is 6.08 Å². The zero-order valence-corrected chi connectivity index (χ0v) is 23.2. The highest BCUT2D eigenvalue weighted by molar-refractivity contribution is 6.30. The van der Waals surface area contributed by atoms with Gasteiger partial charge in [-0.2, -0.15) is 0 Å². The third kappa shape index (κ3) is 9.97. The van der Waals surface area contributed by atoms with E-state index in [0.29, 0.717) is 13.0 Å². The molecule has 1 saturated heterocycles. The van der Waals surface area contributed by atoms with E-state index in [4.69, 9.17) is 11.6 Å². The molecule has 1 aliphatic rings. The summed E-state index contributed by atoms with van der Waals surface area (Å²) >= 11 is 5.74. The molecule has 0 spiro atoms. The maximum Gasteiger partial charge on any atom is 0.326 e. The van der Waals surface area contributed by atoms with Crippen LogP contribution >= 0.6 is 11.6 Å². The van der Waals surface area contributed by atoms with Crippen LogP contribution in [0.1, 0.15) is 52.5 Å². The van der Waals surface area contributed by atoms with Gasteiger partial charge in [-0.15, -0.1) is 0 Å². The lowest BCUT2D eigenvalue weighted by Crippen LogP contribution is -2.57. The molecule has 0 bridgehead atoms. The van der Waals surface area contributed by atoms with Gasteiger partial charge in [-0.1, -0.05) is 45.4 Å². The number of carboxylic acid groups (broad SMARTS) is 1. The van der Waals surface area contributed by atoms with E-state index in [1.54, 1.807) is 13.8 Å². The highest BCUT2D eigenvalue weighted by Crippen LogP contribution is 2.18. The molecule has 1 fully saturated rings. The molecule has 0 aliphatic carbocycles. The van der Waals surface area contributed by atoms with Crippen LogP contribution in [0.2, 0.25) is 5.02 Å². The molecule has 4 amide bonds. The summed E-state index contributed by atoms with van der Waals surface area (Å²) < 4.78 is 14.0. The molecule has 1 aliphatic heterocycles. The van der Waals surface area contributed by atoms with Gasteiger partial charge in [-0.25, -0.2) is 9.18 Å². The number of aliphatic carboxylic acids is 1. The summed E-state index contributed by atoms with van der Waals surface area (Å²) in [6.07, 6.45) is 2.95. The molecule has 1 aromatic carbocycles. The summed E-state index contributed by atoms with van der Waals surface area (Å²) in [6, 6.07) is 0.583. The van der Waals surface area contributed by atoms with Gasteiger partial charge in [-0.05, 0) is 49.3 Å². The van der Waals surface area contributed by atoms with Crippen molar-refractivity contribution >= 4 is 47.3 Å². The number of hydrogen-bond acceptors (Lipinski definition) is 5. The van der Waals surface area contributed by atoms with Crippen LogP contribution in [-0.2, 0) is 24.0 Å². The van der Waals surface area contributed by atoms with Gasteiger partial charge in [0, 0.05) is 29.1 Å². The van der Waals surface area contributed by atoms with Crippen molar-refractivity contribution in [1.29, 1.82) is 0 Å². The van der Waals surface area contributed by atoms with E-state index in [0.717, 1.165) is 12.1 Å². The summed E-state index contributed by atoms with van der Waals surface area (Å²) in [5.41, 5.74) is 0.136. The van der Waals surface area contributed by atoms with E-state index in [2.05, 4.69) is 21.3 Å². The Morgan fingerprint density at radius 3 is 2.31 bits per heavy atom. The first kappa shape index (κ1) is 31.7. The molecule has 1 heterocycles. The van der Waals surface area contributed by atoms with E-state index in [1.807, 2.05) is 13.8 Å². The van der Waals surface area contributed by atoms with Crippen molar-refractivity contribution in [3.63, 3.8) is 0 Å². The van der Waals surface area contributed by atoms with Gasteiger partial charge < -0.3 is 26.4 Å². The van der Waals surface area contributed by atoms with Gasteiger partial charge in [0.1, 0.15) is 23.9 Å². The minimum atomic E-state index is -1.31. The van der Waals surface area contributed by atoms with Crippen molar-refractivity contribution in [1.82, 2.24) is 21.3 Å². The number of carbonyl (C=O) groups excluding carboxylic acids is 4. The molecule has 39 heavy (non-hydrogen) atoms. The fourth-order valence-corrected chi connectivity index (χ4v) is 4.31. The lowest BCUT2D eigenvalue weighted by molar-refractivity contribution is -0.143. The van der Waals surface area contributed by atoms with Crippen molar-refractivity contribution < 1.29 is 33.5 Å². The normalized spacial score (nSPS) is 17.5. The van der Waals surface area contributed by atoms with Crippen LogP contribution in [-0.4, -0.2) is 59.4 Å². The average molecular weight is 567 g/mol.